The molecule has 1 amide bonds. The summed E-state index contributed by atoms with van der Waals surface area (Å²) in [6.45, 7) is 1.47. The largest absolute Gasteiger partial charge is 0.478 e. The van der Waals surface area contributed by atoms with E-state index in [1.54, 1.807) is 10.7 Å². The van der Waals surface area contributed by atoms with E-state index in [0.717, 1.165) is 24.3 Å². The van der Waals surface area contributed by atoms with Crippen LogP contribution in [-0.4, -0.2) is 36.4 Å². The number of benzene rings is 1. The van der Waals surface area contributed by atoms with E-state index in [1.165, 1.54) is 0 Å². The smallest absolute Gasteiger partial charge is 0.276 e. The summed E-state index contributed by atoms with van der Waals surface area (Å²) in [7, 11) is 3.95. The van der Waals surface area contributed by atoms with Crippen LogP contribution in [0.15, 0.2) is 30.3 Å². The van der Waals surface area contributed by atoms with Crippen molar-refractivity contribution < 1.29 is 9.53 Å². The van der Waals surface area contributed by atoms with Gasteiger partial charge < -0.3 is 15.0 Å². The van der Waals surface area contributed by atoms with Gasteiger partial charge in [0, 0.05) is 44.5 Å². The van der Waals surface area contributed by atoms with Crippen molar-refractivity contribution in [3.63, 3.8) is 0 Å². The second-order valence-electron chi connectivity index (χ2n) is 5.19. The summed E-state index contributed by atoms with van der Waals surface area (Å²) >= 11 is 0. The standard InChI is InChI=1S/C15H18N4O2/c1-18(2)12-6-4-11(5-7-12)16-15(20)13-10-14-19(17-13)8-3-9-21-14/h4-7,10H,3,8-9H2,1-2H3,(H,16,20). The van der Waals surface area contributed by atoms with Crippen LogP contribution in [0.3, 0.4) is 0 Å². The molecule has 0 saturated heterocycles. The molecule has 110 valence electrons. The van der Waals surface area contributed by atoms with Gasteiger partial charge in [0.2, 0.25) is 5.88 Å². The monoisotopic (exact) mass is 286 g/mol. The van der Waals surface area contributed by atoms with Gasteiger partial charge in [0.25, 0.3) is 5.91 Å². The number of fused-ring (bicyclic) bond motifs is 1. The first-order chi connectivity index (χ1) is 10.1. The number of hydrogen-bond donors (Lipinski definition) is 1. The predicted octanol–water partition coefficient (Wildman–Crippen LogP) is 1.98. The zero-order valence-electron chi connectivity index (χ0n) is 12.2. The Bertz CT molecular complexity index is 623. The van der Waals surface area contributed by atoms with Crippen LogP contribution in [0.2, 0.25) is 0 Å². The molecule has 0 radical (unpaired) electrons. The number of ether oxygens (including phenoxy) is 1. The number of amides is 1. The second-order valence-corrected chi connectivity index (χ2v) is 5.19. The third kappa shape index (κ3) is 2.84. The van der Waals surface area contributed by atoms with Crippen molar-refractivity contribution in [3.8, 4) is 5.88 Å². The molecule has 0 saturated carbocycles. The van der Waals surface area contributed by atoms with Crippen LogP contribution in [0.4, 0.5) is 11.4 Å². The quantitative estimate of drug-likeness (QED) is 0.937. The maximum absolute atomic E-state index is 12.2. The van der Waals surface area contributed by atoms with Gasteiger partial charge in [-0.3, -0.25) is 4.79 Å². The fourth-order valence-electron chi connectivity index (χ4n) is 2.22. The summed E-state index contributed by atoms with van der Waals surface area (Å²) in [5, 5.41) is 7.11. The Morgan fingerprint density at radius 2 is 2.10 bits per heavy atom. The minimum absolute atomic E-state index is 0.224. The van der Waals surface area contributed by atoms with Crippen molar-refractivity contribution in [2.45, 2.75) is 13.0 Å². The van der Waals surface area contributed by atoms with E-state index in [-0.39, 0.29) is 5.91 Å². The number of aryl methyl sites for hydroxylation is 1. The van der Waals surface area contributed by atoms with Crippen LogP contribution in [0.25, 0.3) is 0 Å². The van der Waals surface area contributed by atoms with E-state index in [9.17, 15) is 4.79 Å². The van der Waals surface area contributed by atoms with Crippen LogP contribution in [0.1, 0.15) is 16.9 Å². The molecule has 1 aliphatic rings. The lowest BCUT2D eigenvalue weighted by Gasteiger charge is -2.13. The molecule has 2 heterocycles. The van der Waals surface area contributed by atoms with Gasteiger partial charge in [-0.25, -0.2) is 4.68 Å². The van der Waals surface area contributed by atoms with Crippen LogP contribution in [0.5, 0.6) is 5.88 Å². The van der Waals surface area contributed by atoms with Crippen LogP contribution < -0.4 is 15.0 Å². The Balaban J connectivity index is 1.72. The van der Waals surface area contributed by atoms with Crippen LogP contribution >= 0.6 is 0 Å². The highest BCUT2D eigenvalue weighted by molar-refractivity contribution is 6.03. The lowest BCUT2D eigenvalue weighted by molar-refractivity contribution is 0.102. The van der Waals surface area contributed by atoms with Crippen molar-refractivity contribution in [2.75, 3.05) is 30.9 Å². The predicted molar refractivity (Wildman–Crippen MR) is 81.1 cm³/mol. The molecule has 0 fully saturated rings. The average molecular weight is 286 g/mol. The third-order valence-electron chi connectivity index (χ3n) is 3.38. The van der Waals surface area contributed by atoms with E-state index >= 15 is 0 Å². The number of nitrogens with one attached hydrogen (secondary N) is 1. The normalized spacial score (nSPS) is 13.2. The van der Waals surface area contributed by atoms with Crippen molar-refractivity contribution in [1.29, 1.82) is 0 Å². The van der Waals surface area contributed by atoms with Gasteiger partial charge in [0.05, 0.1) is 6.61 Å². The summed E-state index contributed by atoms with van der Waals surface area (Å²) in [5.41, 5.74) is 2.21. The first-order valence-electron chi connectivity index (χ1n) is 6.93. The molecule has 6 nitrogen and oxygen atoms in total. The molecule has 0 aliphatic carbocycles. The number of aromatic nitrogens is 2. The lowest BCUT2D eigenvalue weighted by atomic mass is 10.2. The molecule has 0 unspecified atom stereocenters. The van der Waals surface area contributed by atoms with E-state index in [1.807, 2.05) is 43.3 Å². The molecule has 1 aromatic heterocycles. The third-order valence-corrected chi connectivity index (χ3v) is 3.38. The molecule has 0 spiro atoms. The molecule has 1 aliphatic heterocycles. The van der Waals surface area contributed by atoms with Crippen molar-refractivity contribution >= 4 is 17.3 Å². The van der Waals surface area contributed by atoms with Gasteiger partial charge >= 0.3 is 0 Å². The number of nitrogens with zero attached hydrogens (tertiary/aromatic N) is 3. The van der Waals surface area contributed by atoms with Crippen molar-refractivity contribution in [2.24, 2.45) is 0 Å². The Kier molecular flexibility index (Phi) is 3.51. The Labute approximate surface area is 123 Å². The molecule has 0 atom stereocenters. The molecule has 21 heavy (non-hydrogen) atoms. The SMILES string of the molecule is CN(C)c1ccc(NC(=O)c2cc3n(n2)CCCO3)cc1. The number of anilines is 2. The lowest BCUT2D eigenvalue weighted by Crippen LogP contribution is -2.16. The van der Waals surface area contributed by atoms with E-state index in [2.05, 4.69) is 10.4 Å². The highest BCUT2D eigenvalue weighted by Gasteiger charge is 2.17. The molecule has 2 aromatic rings. The maximum Gasteiger partial charge on any atom is 0.276 e. The zero-order valence-corrected chi connectivity index (χ0v) is 12.2. The minimum atomic E-state index is -0.224. The Hall–Kier alpha value is -2.50. The number of rotatable bonds is 3. The molecule has 1 N–H and O–H groups in total. The fraction of sp³-hybridized carbons (Fsp3) is 0.333. The van der Waals surface area contributed by atoms with Crippen molar-refractivity contribution in [1.82, 2.24) is 9.78 Å². The Morgan fingerprint density at radius 1 is 1.33 bits per heavy atom. The highest BCUT2D eigenvalue weighted by atomic mass is 16.5. The van der Waals surface area contributed by atoms with Gasteiger partial charge in [0.15, 0.2) is 5.69 Å². The molecular weight excluding hydrogens is 268 g/mol. The van der Waals surface area contributed by atoms with Crippen molar-refractivity contribution in [3.05, 3.63) is 36.0 Å². The number of carbonyl (C=O) groups excluding carboxylic acids is 1. The van der Waals surface area contributed by atoms with Crippen LogP contribution in [-0.2, 0) is 6.54 Å². The van der Waals surface area contributed by atoms with Gasteiger partial charge in [-0.15, -0.1) is 0 Å². The van der Waals surface area contributed by atoms with E-state index in [0.29, 0.717) is 18.2 Å². The van der Waals surface area contributed by atoms with Gasteiger partial charge in [-0.1, -0.05) is 0 Å². The zero-order chi connectivity index (χ0) is 14.8. The summed E-state index contributed by atoms with van der Waals surface area (Å²) in [6.07, 6.45) is 0.918. The summed E-state index contributed by atoms with van der Waals surface area (Å²) < 4.78 is 7.19. The fourth-order valence-corrected chi connectivity index (χ4v) is 2.22. The maximum atomic E-state index is 12.2. The van der Waals surface area contributed by atoms with Gasteiger partial charge in [-0.05, 0) is 24.3 Å². The molecule has 6 heteroatoms. The highest BCUT2D eigenvalue weighted by Crippen LogP contribution is 2.20. The van der Waals surface area contributed by atoms with Gasteiger partial charge in [0.1, 0.15) is 0 Å². The topological polar surface area (TPSA) is 59.4 Å². The first kappa shape index (κ1) is 13.5. The van der Waals surface area contributed by atoms with Crippen LogP contribution in [0, 0.1) is 0 Å². The molecule has 0 bridgehead atoms. The molecular formula is C15H18N4O2. The Morgan fingerprint density at radius 3 is 2.76 bits per heavy atom. The van der Waals surface area contributed by atoms with E-state index < -0.39 is 0 Å². The first-order valence-corrected chi connectivity index (χ1v) is 6.93. The minimum Gasteiger partial charge on any atom is -0.478 e. The van der Waals surface area contributed by atoms with Gasteiger partial charge in [-0.2, -0.15) is 5.10 Å². The van der Waals surface area contributed by atoms with E-state index in [4.69, 9.17) is 4.74 Å². The second kappa shape index (κ2) is 5.47. The average Bonchev–Trinajstić information content (AvgIpc) is 2.92. The summed E-state index contributed by atoms with van der Waals surface area (Å²) in [4.78, 5) is 14.2. The molecule has 3 rings (SSSR count). The molecule has 1 aromatic carbocycles. The summed E-state index contributed by atoms with van der Waals surface area (Å²) in [6, 6.07) is 9.34. The number of carbonyl (C=O) groups is 1. The number of hydrogen-bond acceptors (Lipinski definition) is 4. The summed E-state index contributed by atoms with van der Waals surface area (Å²) in [5.74, 6) is 0.437.